The van der Waals surface area contributed by atoms with Gasteiger partial charge in [0.05, 0.1) is 7.11 Å². The van der Waals surface area contributed by atoms with Gasteiger partial charge in [0.15, 0.2) is 0 Å². The van der Waals surface area contributed by atoms with Gasteiger partial charge in [-0.1, -0.05) is 0 Å². The summed E-state index contributed by atoms with van der Waals surface area (Å²) in [6.07, 6.45) is 2.34. The van der Waals surface area contributed by atoms with Crippen molar-refractivity contribution in [3.05, 3.63) is 0 Å². The van der Waals surface area contributed by atoms with Gasteiger partial charge in [-0.25, -0.2) is 0 Å². The van der Waals surface area contributed by atoms with E-state index >= 15 is 0 Å². The van der Waals surface area contributed by atoms with Crippen LogP contribution < -0.4 is 0 Å². The highest BCUT2D eigenvalue weighted by atomic mass is 16.5. The monoisotopic (exact) mass is 143 g/mol. The van der Waals surface area contributed by atoms with E-state index in [4.69, 9.17) is 5.26 Å². The summed E-state index contributed by atoms with van der Waals surface area (Å²) in [4.78, 5) is 10.4. The number of ether oxygens (including phenoxy) is 2. The van der Waals surface area contributed by atoms with Crippen LogP contribution in [0.15, 0.2) is 0 Å². The molecule has 10 heavy (non-hydrogen) atoms. The fourth-order valence-electron chi connectivity index (χ4n) is 0.436. The number of hydrogen-bond donors (Lipinski definition) is 0. The van der Waals surface area contributed by atoms with E-state index in [0.717, 1.165) is 0 Å². The molecule has 0 aromatic rings. The van der Waals surface area contributed by atoms with Crippen molar-refractivity contribution in [1.82, 2.24) is 0 Å². The Hall–Kier alpha value is -1.24. The van der Waals surface area contributed by atoms with E-state index in [0.29, 0.717) is 12.8 Å². The molecule has 0 saturated carbocycles. The van der Waals surface area contributed by atoms with E-state index in [1.807, 2.05) is 0 Å². The molecule has 0 aliphatic carbocycles. The van der Waals surface area contributed by atoms with Gasteiger partial charge >= 0.3 is 5.97 Å². The first-order chi connectivity index (χ1) is 4.81. The minimum absolute atomic E-state index is 0.276. The smallest absolute Gasteiger partial charge is 0.305 e. The molecule has 0 fully saturated rings. The number of carbonyl (C=O) groups excluding carboxylic acids is 1. The van der Waals surface area contributed by atoms with Crippen molar-refractivity contribution in [2.45, 2.75) is 12.8 Å². The maximum absolute atomic E-state index is 10.4. The molecule has 0 unspecified atom stereocenters. The summed E-state index contributed by atoms with van der Waals surface area (Å²) in [5.41, 5.74) is 0. The Labute approximate surface area is 59.3 Å². The lowest BCUT2D eigenvalue weighted by Crippen LogP contribution is -2.01. The molecule has 0 amide bonds. The van der Waals surface area contributed by atoms with E-state index in [-0.39, 0.29) is 12.6 Å². The number of methoxy groups -OCH3 is 1. The fraction of sp³-hybridized carbons (Fsp3) is 0.667. The third-order valence-electron chi connectivity index (χ3n) is 0.920. The van der Waals surface area contributed by atoms with Gasteiger partial charge in [0.25, 0.3) is 6.26 Å². The molecule has 0 aromatic carbocycles. The highest BCUT2D eigenvalue weighted by Crippen LogP contribution is 1.91. The molecule has 0 aliphatic rings. The molecule has 0 atom stereocenters. The van der Waals surface area contributed by atoms with Crippen LogP contribution in [0.2, 0.25) is 0 Å². The molecule has 0 heterocycles. The maximum Gasteiger partial charge on any atom is 0.305 e. The van der Waals surface area contributed by atoms with Gasteiger partial charge in [-0.2, -0.15) is 5.26 Å². The average Bonchev–Trinajstić information content (AvgIpc) is 1.98. The van der Waals surface area contributed by atoms with Crippen molar-refractivity contribution in [3.8, 4) is 6.26 Å². The number of hydrogen-bond acceptors (Lipinski definition) is 4. The van der Waals surface area contributed by atoms with Crippen molar-refractivity contribution >= 4 is 5.97 Å². The Bertz CT molecular complexity index is 138. The summed E-state index contributed by atoms with van der Waals surface area (Å²) in [6.45, 7) is 0.283. The van der Waals surface area contributed by atoms with Crippen molar-refractivity contribution in [3.63, 3.8) is 0 Å². The van der Waals surface area contributed by atoms with Gasteiger partial charge in [-0.15, -0.1) is 0 Å². The molecule has 0 saturated heterocycles. The second-order valence-corrected chi connectivity index (χ2v) is 1.62. The van der Waals surface area contributed by atoms with E-state index in [1.165, 1.54) is 13.4 Å². The fourth-order valence-corrected chi connectivity index (χ4v) is 0.436. The molecule has 0 radical (unpaired) electrons. The average molecular weight is 143 g/mol. The van der Waals surface area contributed by atoms with Crippen LogP contribution in [0.25, 0.3) is 0 Å². The van der Waals surface area contributed by atoms with Crippen molar-refractivity contribution in [1.29, 1.82) is 5.26 Å². The SMILES string of the molecule is COC(=O)CCCOC#N. The highest BCUT2D eigenvalue weighted by Gasteiger charge is 1.97. The number of nitriles is 1. The minimum atomic E-state index is -0.276. The van der Waals surface area contributed by atoms with Crippen LogP contribution >= 0.6 is 0 Å². The number of nitrogens with zero attached hydrogens (tertiary/aromatic N) is 1. The predicted octanol–water partition coefficient (Wildman–Crippen LogP) is 0.437. The van der Waals surface area contributed by atoms with Gasteiger partial charge in [-0.05, 0) is 6.42 Å². The molecule has 56 valence electrons. The van der Waals surface area contributed by atoms with E-state index in [1.54, 1.807) is 0 Å². The summed E-state index contributed by atoms with van der Waals surface area (Å²) >= 11 is 0. The first kappa shape index (κ1) is 8.76. The molecule has 4 heteroatoms. The van der Waals surface area contributed by atoms with E-state index < -0.39 is 0 Å². The second kappa shape index (κ2) is 5.89. The van der Waals surface area contributed by atoms with Crippen LogP contribution in [0.3, 0.4) is 0 Å². The van der Waals surface area contributed by atoms with Crippen LogP contribution in [0.4, 0.5) is 0 Å². The number of rotatable bonds is 4. The Balaban J connectivity index is 3.05. The maximum atomic E-state index is 10.4. The van der Waals surface area contributed by atoms with Gasteiger partial charge < -0.3 is 9.47 Å². The topological polar surface area (TPSA) is 59.3 Å². The van der Waals surface area contributed by atoms with Crippen molar-refractivity contribution in [2.75, 3.05) is 13.7 Å². The predicted molar refractivity (Wildman–Crippen MR) is 32.8 cm³/mol. The zero-order chi connectivity index (χ0) is 7.82. The van der Waals surface area contributed by atoms with Crippen LogP contribution in [-0.2, 0) is 14.3 Å². The first-order valence-corrected chi connectivity index (χ1v) is 2.89. The summed E-state index contributed by atoms with van der Waals surface area (Å²) in [6, 6.07) is 0. The molecule has 0 bridgehead atoms. The van der Waals surface area contributed by atoms with Crippen LogP contribution in [0.5, 0.6) is 0 Å². The van der Waals surface area contributed by atoms with Gasteiger partial charge in [0, 0.05) is 6.42 Å². The number of esters is 1. The lowest BCUT2D eigenvalue weighted by Gasteiger charge is -1.95. The molecular formula is C6H9NO3. The summed E-state index contributed by atoms with van der Waals surface area (Å²) in [5.74, 6) is -0.276. The molecule has 0 spiro atoms. The minimum Gasteiger partial charge on any atom is -0.469 e. The Morgan fingerprint density at radius 1 is 1.70 bits per heavy atom. The zero-order valence-electron chi connectivity index (χ0n) is 5.79. The number of carbonyl (C=O) groups is 1. The molecule has 0 aromatic heterocycles. The summed E-state index contributed by atoms with van der Waals surface area (Å²) in [5, 5.41) is 7.90. The quantitative estimate of drug-likeness (QED) is 0.325. The van der Waals surface area contributed by atoms with Crippen molar-refractivity contribution in [2.24, 2.45) is 0 Å². The largest absolute Gasteiger partial charge is 0.469 e. The summed E-state index contributed by atoms with van der Waals surface area (Å²) in [7, 11) is 1.33. The Morgan fingerprint density at radius 2 is 2.40 bits per heavy atom. The molecule has 0 N–H and O–H groups in total. The zero-order valence-corrected chi connectivity index (χ0v) is 5.79. The lowest BCUT2D eigenvalue weighted by atomic mass is 10.3. The van der Waals surface area contributed by atoms with Crippen LogP contribution in [-0.4, -0.2) is 19.7 Å². The summed E-state index contributed by atoms with van der Waals surface area (Å²) < 4.78 is 8.68. The molecule has 4 nitrogen and oxygen atoms in total. The third kappa shape index (κ3) is 4.91. The first-order valence-electron chi connectivity index (χ1n) is 2.89. The second-order valence-electron chi connectivity index (χ2n) is 1.62. The van der Waals surface area contributed by atoms with Gasteiger partial charge in [0.2, 0.25) is 0 Å². The van der Waals surface area contributed by atoms with Crippen LogP contribution in [0, 0.1) is 11.5 Å². The standard InChI is InChI=1S/C6H9NO3/c1-9-6(8)3-2-4-10-5-7/h2-4H2,1H3. The van der Waals surface area contributed by atoms with Crippen LogP contribution in [0.1, 0.15) is 12.8 Å². The highest BCUT2D eigenvalue weighted by molar-refractivity contribution is 5.68. The molecule has 0 aliphatic heterocycles. The van der Waals surface area contributed by atoms with Crippen molar-refractivity contribution < 1.29 is 14.3 Å². The normalized spacial score (nSPS) is 8.00. The van der Waals surface area contributed by atoms with Gasteiger partial charge in [0.1, 0.15) is 6.61 Å². The third-order valence-corrected chi connectivity index (χ3v) is 0.920. The van der Waals surface area contributed by atoms with E-state index in [2.05, 4.69) is 9.47 Å². The van der Waals surface area contributed by atoms with E-state index in [9.17, 15) is 4.79 Å². The molecular weight excluding hydrogens is 134 g/mol. The lowest BCUT2D eigenvalue weighted by molar-refractivity contribution is -0.140. The Kier molecular flexibility index (Phi) is 5.16. The van der Waals surface area contributed by atoms with Gasteiger partial charge in [-0.3, -0.25) is 4.79 Å². The Morgan fingerprint density at radius 3 is 2.90 bits per heavy atom. The molecule has 0 rings (SSSR count).